The molecule has 106 valence electrons. The summed E-state index contributed by atoms with van der Waals surface area (Å²) in [6.07, 6.45) is 7.51. The molecule has 0 atom stereocenters. The number of carbonyl (C=O) groups excluding carboxylic acids is 1. The maximum atomic E-state index is 12.0. The van der Waals surface area contributed by atoms with Crippen LogP contribution in [0.2, 0.25) is 0 Å². The number of nitrogens with zero attached hydrogens (tertiary/aromatic N) is 2. The Morgan fingerprint density at radius 2 is 2.21 bits per heavy atom. The van der Waals surface area contributed by atoms with E-state index in [0.29, 0.717) is 13.0 Å². The van der Waals surface area contributed by atoms with Gasteiger partial charge in [0, 0.05) is 37.3 Å². The van der Waals surface area contributed by atoms with Crippen molar-refractivity contribution < 1.29 is 4.79 Å². The lowest BCUT2D eigenvalue weighted by Crippen LogP contribution is -2.42. The summed E-state index contributed by atoms with van der Waals surface area (Å²) in [4.78, 5) is 12.0. The van der Waals surface area contributed by atoms with Crippen LogP contribution < -0.4 is 11.1 Å². The Labute approximate surface area is 114 Å². The van der Waals surface area contributed by atoms with Crippen molar-refractivity contribution in [2.24, 2.45) is 12.8 Å². The van der Waals surface area contributed by atoms with Gasteiger partial charge in [-0.1, -0.05) is 19.8 Å². The fourth-order valence-electron chi connectivity index (χ4n) is 2.86. The maximum absolute atomic E-state index is 12.0. The Hall–Kier alpha value is -1.36. The molecule has 1 amide bonds. The summed E-state index contributed by atoms with van der Waals surface area (Å²) in [5, 5.41) is 7.33. The van der Waals surface area contributed by atoms with Gasteiger partial charge in [-0.15, -0.1) is 0 Å². The van der Waals surface area contributed by atoms with E-state index in [0.717, 1.165) is 43.4 Å². The van der Waals surface area contributed by atoms with Crippen molar-refractivity contribution in [3.05, 3.63) is 17.5 Å². The average Bonchev–Trinajstić information content (AvgIpc) is 2.93. The highest BCUT2D eigenvalue weighted by Gasteiger charge is 2.31. The van der Waals surface area contributed by atoms with Gasteiger partial charge >= 0.3 is 0 Å². The van der Waals surface area contributed by atoms with Crippen LogP contribution in [0.25, 0.3) is 0 Å². The zero-order chi connectivity index (χ0) is 13.9. The van der Waals surface area contributed by atoms with Gasteiger partial charge < -0.3 is 11.1 Å². The van der Waals surface area contributed by atoms with Gasteiger partial charge in [-0.25, -0.2) is 0 Å². The number of hydrogen-bond acceptors (Lipinski definition) is 3. The minimum absolute atomic E-state index is 0.0512. The van der Waals surface area contributed by atoms with Crippen LogP contribution in [0.5, 0.6) is 0 Å². The van der Waals surface area contributed by atoms with Crippen LogP contribution in [-0.2, 0) is 24.8 Å². The van der Waals surface area contributed by atoms with Crippen molar-refractivity contribution in [2.45, 2.75) is 57.5 Å². The minimum atomic E-state index is -0.271. The van der Waals surface area contributed by atoms with Gasteiger partial charge in [0.15, 0.2) is 0 Å². The lowest BCUT2D eigenvalue weighted by Gasteiger charge is -2.22. The molecule has 5 heteroatoms. The van der Waals surface area contributed by atoms with Gasteiger partial charge in [-0.2, -0.15) is 5.10 Å². The van der Waals surface area contributed by atoms with Crippen molar-refractivity contribution in [1.82, 2.24) is 15.1 Å². The van der Waals surface area contributed by atoms with Crippen LogP contribution >= 0.6 is 0 Å². The fourth-order valence-corrected chi connectivity index (χ4v) is 2.86. The van der Waals surface area contributed by atoms with Gasteiger partial charge in [0.25, 0.3) is 0 Å². The second-order valence-corrected chi connectivity index (χ2v) is 5.65. The third kappa shape index (κ3) is 3.56. The standard InChI is InChI=1S/C14H24N4O/c1-3-12-11(10-18(2)17-12)9-16-13(19)8-14(15)6-4-5-7-14/h10H,3-9,15H2,1-2H3,(H,16,19). The average molecular weight is 264 g/mol. The van der Waals surface area contributed by atoms with Crippen molar-refractivity contribution in [3.8, 4) is 0 Å². The molecular formula is C14H24N4O. The third-order valence-corrected chi connectivity index (χ3v) is 3.91. The van der Waals surface area contributed by atoms with E-state index in [1.54, 1.807) is 4.68 Å². The molecule has 1 saturated carbocycles. The molecule has 0 spiro atoms. The van der Waals surface area contributed by atoms with Crippen molar-refractivity contribution in [1.29, 1.82) is 0 Å². The molecule has 1 heterocycles. The molecule has 0 aromatic carbocycles. The molecule has 3 N–H and O–H groups in total. The van der Waals surface area contributed by atoms with E-state index in [4.69, 9.17) is 5.73 Å². The van der Waals surface area contributed by atoms with Crippen LogP contribution in [0.15, 0.2) is 6.20 Å². The van der Waals surface area contributed by atoms with E-state index in [1.807, 2.05) is 13.2 Å². The summed E-state index contributed by atoms with van der Waals surface area (Å²) in [5.41, 5.74) is 8.08. The van der Waals surface area contributed by atoms with E-state index >= 15 is 0 Å². The lowest BCUT2D eigenvalue weighted by molar-refractivity contribution is -0.122. The van der Waals surface area contributed by atoms with Crippen LogP contribution in [-0.4, -0.2) is 21.2 Å². The first kappa shape index (κ1) is 14.1. The van der Waals surface area contributed by atoms with Crippen LogP contribution in [0.3, 0.4) is 0 Å². The predicted octanol–water partition coefficient (Wildman–Crippen LogP) is 1.26. The normalized spacial score (nSPS) is 17.6. The molecule has 0 saturated heterocycles. The Bertz CT molecular complexity index is 446. The number of carbonyl (C=O) groups is 1. The highest BCUT2D eigenvalue weighted by atomic mass is 16.1. The van der Waals surface area contributed by atoms with Crippen LogP contribution in [0.1, 0.15) is 50.3 Å². The first-order chi connectivity index (χ1) is 9.02. The number of aromatic nitrogens is 2. The molecular weight excluding hydrogens is 240 g/mol. The molecule has 1 aromatic heterocycles. The Morgan fingerprint density at radius 1 is 1.53 bits per heavy atom. The van der Waals surface area contributed by atoms with E-state index in [9.17, 15) is 4.79 Å². The maximum Gasteiger partial charge on any atom is 0.222 e. The molecule has 0 radical (unpaired) electrons. The van der Waals surface area contributed by atoms with Crippen molar-refractivity contribution in [2.75, 3.05) is 0 Å². The van der Waals surface area contributed by atoms with E-state index in [1.165, 1.54) is 0 Å². The summed E-state index contributed by atoms with van der Waals surface area (Å²) >= 11 is 0. The van der Waals surface area contributed by atoms with Crippen molar-refractivity contribution >= 4 is 5.91 Å². The fraction of sp³-hybridized carbons (Fsp3) is 0.714. The quantitative estimate of drug-likeness (QED) is 0.841. The first-order valence-electron chi connectivity index (χ1n) is 7.09. The highest BCUT2D eigenvalue weighted by Crippen LogP contribution is 2.29. The number of aryl methyl sites for hydroxylation is 2. The van der Waals surface area contributed by atoms with Gasteiger partial charge in [-0.05, 0) is 19.3 Å². The molecule has 5 nitrogen and oxygen atoms in total. The second kappa shape index (κ2) is 5.74. The summed E-state index contributed by atoms with van der Waals surface area (Å²) in [5.74, 6) is 0.0512. The molecule has 19 heavy (non-hydrogen) atoms. The summed E-state index contributed by atoms with van der Waals surface area (Å²) in [7, 11) is 1.90. The number of amides is 1. The molecule has 1 aliphatic carbocycles. The lowest BCUT2D eigenvalue weighted by atomic mass is 9.94. The van der Waals surface area contributed by atoms with Gasteiger partial charge in [0.05, 0.1) is 5.69 Å². The SMILES string of the molecule is CCc1nn(C)cc1CNC(=O)CC1(N)CCCC1. The predicted molar refractivity (Wildman–Crippen MR) is 74.4 cm³/mol. The molecule has 0 unspecified atom stereocenters. The summed E-state index contributed by atoms with van der Waals surface area (Å²) < 4.78 is 1.79. The summed E-state index contributed by atoms with van der Waals surface area (Å²) in [6.45, 7) is 2.62. The smallest absolute Gasteiger partial charge is 0.222 e. The number of rotatable bonds is 5. The number of hydrogen-bond donors (Lipinski definition) is 2. The Kier molecular flexibility index (Phi) is 4.24. The van der Waals surface area contributed by atoms with E-state index in [-0.39, 0.29) is 11.4 Å². The monoisotopic (exact) mass is 264 g/mol. The topological polar surface area (TPSA) is 72.9 Å². The molecule has 1 aromatic rings. The van der Waals surface area contributed by atoms with E-state index in [2.05, 4.69) is 17.3 Å². The molecule has 0 bridgehead atoms. The summed E-state index contributed by atoms with van der Waals surface area (Å²) in [6, 6.07) is 0. The molecule has 0 aliphatic heterocycles. The number of nitrogens with one attached hydrogen (secondary N) is 1. The van der Waals surface area contributed by atoms with Gasteiger partial charge in [0.1, 0.15) is 0 Å². The third-order valence-electron chi connectivity index (χ3n) is 3.91. The Morgan fingerprint density at radius 3 is 2.84 bits per heavy atom. The van der Waals surface area contributed by atoms with E-state index < -0.39 is 0 Å². The Balaban J connectivity index is 1.86. The second-order valence-electron chi connectivity index (χ2n) is 5.65. The van der Waals surface area contributed by atoms with Gasteiger partial charge in [0.2, 0.25) is 5.91 Å². The highest BCUT2D eigenvalue weighted by molar-refractivity contribution is 5.77. The minimum Gasteiger partial charge on any atom is -0.352 e. The molecule has 2 rings (SSSR count). The zero-order valence-corrected chi connectivity index (χ0v) is 11.9. The van der Waals surface area contributed by atoms with Gasteiger partial charge in [-0.3, -0.25) is 9.48 Å². The largest absolute Gasteiger partial charge is 0.352 e. The van der Waals surface area contributed by atoms with Crippen molar-refractivity contribution in [3.63, 3.8) is 0 Å². The molecule has 1 aliphatic rings. The zero-order valence-electron chi connectivity index (χ0n) is 11.9. The first-order valence-corrected chi connectivity index (χ1v) is 7.09. The van der Waals surface area contributed by atoms with Crippen LogP contribution in [0.4, 0.5) is 0 Å². The van der Waals surface area contributed by atoms with Crippen LogP contribution in [0, 0.1) is 0 Å². The molecule has 1 fully saturated rings. The number of nitrogens with two attached hydrogens (primary N) is 1.